The van der Waals surface area contributed by atoms with Gasteiger partial charge in [-0.2, -0.15) is 0 Å². The number of aryl methyl sites for hydroxylation is 2. The van der Waals surface area contributed by atoms with E-state index in [4.69, 9.17) is 5.11 Å². The molecule has 0 saturated carbocycles. The Morgan fingerprint density at radius 3 is 2.50 bits per heavy atom. The quantitative estimate of drug-likeness (QED) is 0.702. The first kappa shape index (κ1) is 9.07. The first-order chi connectivity index (χ1) is 5.69. The van der Waals surface area contributed by atoms with Crippen LogP contribution in [-0.2, 0) is 13.0 Å². The lowest BCUT2D eigenvalue weighted by Crippen LogP contribution is -1.91. The van der Waals surface area contributed by atoms with Crippen LogP contribution in [0.5, 0.6) is 5.75 Å². The summed E-state index contributed by atoms with van der Waals surface area (Å²) in [7, 11) is 0. The van der Waals surface area contributed by atoms with E-state index in [9.17, 15) is 5.11 Å². The SMILES string of the molecule is CCc1cc(C)c(O)c(CO)c1. The number of phenols is 1. The topological polar surface area (TPSA) is 40.5 Å². The molecule has 0 saturated heterocycles. The molecule has 0 spiro atoms. The Bertz CT molecular complexity index is 279. The van der Waals surface area contributed by atoms with Gasteiger partial charge in [-0.05, 0) is 30.5 Å². The molecule has 0 aromatic heterocycles. The maximum Gasteiger partial charge on any atom is 0.124 e. The summed E-state index contributed by atoms with van der Waals surface area (Å²) in [4.78, 5) is 0. The van der Waals surface area contributed by atoms with Gasteiger partial charge in [0.05, 0.1) is 6.61 Å². The van der Waals surface area contributed by atoms with E-state index >= 15 is 0 Å². The molecule has 0 aliphatic heterocycles. The lowest BCUT2D eigenvalue weighted by molar-refractivity contribution is 0.275. The minimum absolute atomic E-state index is 0.0967. The van der Waals surface area contributed by atoms with Gasteiger partial charge in [-0.25, -0.2) is 0 Å². The van der Waals surface area contributed by atoms with Crippen molar-refractivity contribution in [3.8, 4) is 5.75 Å². The van der Waals surface area contributed by atoms with E-state index in [2.05, 4.69) is 0 Å². The van der Waals surface area contributed by atoms with Gasteiger partial charge in [0, 0.05) is 5.56 Å². The fourth-order valence-corrected chi connectivity index (χ4v) is 1.26. The van der Waals surface area contributed by atoms with Crippen molar-refractivity contribution in [2.24, 2.45) is 0 Å². The molecule has 0 atom stereocenters. The van der Waals surface area contributed by atoms with Gasteiger partial charge < -0.3 is 10.2 Å². The Morgan fingerprint density at radius 1 is 1.33 bits per heavy atom. The zero-order chi connectivity index (χ0) is 9.14. The minimum Gasteiger partial charge on any atom is -0.507 e. The predicted octanol–water partition coefficient (Wildman–Crippen LogP) is 1.76. The minimum atomic E-state index is -0.0967. The summed E-state index contributed by atoms with van der Waals surface area (Å²) in [6.07, 6.45) is 0.925. The maximum absolute atomic E-state index is 9.46. The first-order valence-electron chi connectivity index (χ1n) is 4.11. The van der Waals surface area contributed by atoms with Crippen molar-refractivity contribution in [3.05, 3.63) is 28.8 Å². The number of hydrogen-bond acceptors (Lipinski definition) is 2. The molecular formula is C10H14O2. The second-order valence-electron chi connectivity index (χ2n) is 2.93. The highest BCUT2D eigenvalue weighted by molar-refractivity contribution is 5.42. The van der Waals surface area contributed by atoms with E-state index in [1.54, 1.807) is 0 Å². The fourth-order valence-electron chi connectivity index (χ4n) is 1.26. The molecule has 0 radical (unpaired) electrons. The number of aliphatic hydroxyl groups is 1. The van der Waals surface area contributed by atoms with Crippen molar-refractivity contribution in [3.63, 3.8) is 0 Å². The third-order valence-electron chi connectivity index (χ3n) is 2.02. The van der Waals surface area contributed by atoms with Gasteiger partial charge in [0.15, 0.2) is 0 Å². The van der Waals surface area contributed by atoms with E-state index in [0.29, 0.717) is 5.56 Å². The third-order valence-corrected chi connectivity index (χ3v) is 2.02. The molecule has 0 amide bonds. The molecule has 0 fully saturated rings. The molecule has 1 aromatic rings. The zero-order valence-electron chi connectivity index (χ0n) is 7.46. The summed E-state index contributed by atoms with van der Waals surface area (Å²) in [6, 6.07) is 3.77. The summed E-state index contributed by atoms with van der Waals surface area (Å²) in [5.41, 5.74) is 2.60. The maximum atomic E-state index is 9.46. The van der Waals surface area contributed by atoms with Crippen LogP contribution in [0, 0.1) is 6.92 Å². The normalized spacial score (nSPS) is 10.2. The molecule has 1 aromatic carbocycles. The van der Waals surface area contributed by atoms with Gasteiger partial charge in [-0.1, -0.05) is 13.0 Å². The molecular weight excluding hydrogens is 152 g/mol. The Morgan fingerprint density at radius 2 is 2.00 bits per heavy atom. The largest absolute Gasteiger partial charge is 0.507 e. The van der Waals surface area contributed by atoms with Gasteiger partial charge in [-0.3, -0.25) is 0 Å². The second kappa shape index (κ2) is 3.59. The van der Waals surface area contributed by atoms with E-state index < -0.39 is 0 Å². The van der Waals surface area contributed by atoms with Crippen molar-refractivity contribution >= 4 is 0 Å². The van der Waals surface area contributed by atoms with Crippen molar-refractivity contribution in [1.29, 1.82) is 0 Å². The Balaban J connectivity index is 3.19. The van der Waals surface area contributed by atoms with Gasteiger partial charge in [0.25, 0.3) is 0 Å². The molecule has 0 aliphatic carbocycles. The zero-order valence-corrected chi connectivity index (χ0v) is 7.46. The highest BCUT2D eigenvalue weighted by Gasteiger charge is 2.04. The fraction of sp³-hybridized carbons (Fsp3) is 0.400. The molecule has 66 valence electrons. The van der Waals surface area contributed by atoms with Crippen LogP contribution in [0.15, 0.2) is 12.1 Å². The number of aromatic hydroxyl groups is 1. The van der Waals surface area contributed by atoms with Gasteiger partial charge in [0.2, 0.25) is 0 Å². The Labute approximate surface area is 72.5 Å². The Kier molecular flexibility index (Phi) is 2.71. The van der Waals surface area contributed by atoms with Crippen LogP contribution < -0.4 is 0 Å². The summed E-state index contributed by atoms with van der Waals surface area (Å²) < 4.78 is 0. The highest BCUT2D eigenvalue weighted by Crippen LogP contribution is 2.23. The molecule has 0 heterocycles. The number of benzene rings is 1. The summed E-state index contributed by atoms with van der Waals surface area (Å²) in [5, 5.41) is 18.4. The molecule has 0 aliphatic rings. The summed E-state index contributed by atoms with van der Waals surface area (Å²) in [6.45, 7) is 3.79. The lowest BCUT2D eigenvalue weighted by Gasteiger charge is -2.07. The van der Waals surface area contributed by atoms with Crippen LogP contribution in [-0.4, -0.2) is 10.2 Å². The molecule has 2 N–H and O–H groups in total. The van der Waals surface area contributed by atoms with Crippen LogP contribution in [0.2, 0.25) is 0 Å². The van der Waals surface area contributed by atoms with Crippen molar-refractivity contribution < 1.29 is 10.2 Å². The Hall–Kier alpha value is -1.02. The second-order valence-corrected chi connectivity index (χ2v) is 2.93. The van der Waals surface area contributed by atoms with Gasteiger partial charge >= 0.3 is 0 Å². The van der Waals surface area contributed by atoms with Crippen molar-refractivity contribution in [2.75, 3.05) is 0 Å². The predicted molar refractivity (Wildman–Crippen MR) is 48.1 cm³/mol. The lowest BCUT2D eigenvalue weighted by atomic mass is 10.0. The van der Waals surface area contributed by atoms with E-state index in [-0.39, 0.29) is 12.4 Å². The van der Waals surface area contributed by atoms with E-state index in [1.165, 1.54) is 0 Å². The molecule has 0 bridgehead atoms. The van der Waals surface area contributed by atoms with Crippen molar-refractivity contribution in [1.82, 2.24) is 0 Å². The van der Waals surface area contributed by atoms with Crippen LogP contribution in [0.4, 0.5) is 0 Å². The average Bonchev–Trinajstić information content (AvgIpc) is 2.09. The monoisotopic (exact) mass is 166 g/mol. The van der Waals surface area contributed by atoms with Crippen LogP contribution >= 0.6 is 0 Å². The number of aliphatic hydroxyl groups excluding tert-OH is 1. The average molecular weight is 166 g/mol. The highest BCUT2D eigenvalue weighted by atomic mass is 16.3. The molecule has 2 nitrogen and oxygen atoms in total. The van der Waals surface area contributed by atoms with Gasteiger partial charge in [0.1, 0.15) is 5.75 Å². The van der Waals surface area contributed by atoms with Gasteiger partial charge in [-0.15, -0.1) is 0 Å². The summed E-state index contributed by atoms with van der Waals surface area (Å²) >= 11 is 0. The molecule has 12 heavy (non-hydrogen) atoms. The number of rotatable bonds is 2. The van der Waals surface area contributed by atoms with Crippen LogP contribution in [0.3, 0.4) is 0 Å². The van der Waals surface area contributed by atoms with Crippen molar-refractivity contribution in [2.45, 2.75) is 26.9 Å². The smallest absolute Gasteiger partial charge is 0.124 e. The molecule has 0 unspecified atom stereocenters. The number of hydrogen-bond donors (Lipinski definition) is 2. The summed E-state index contributed by atoms with van der Waals surface area (Å²) in [5.74, 6) is 0.217. The first-order valence-corrected chi connectivity index (χ1v) is 4.11. The van der Waals surface area contributed by atoms with Crippen LogP contribution in [0.25, 0.3) is 0 Å². The van der Waals surface area contributed by atoms with E-state index in [0.717, 1.165) is 17.5 Å². The van der Waals surface area contributed by atoms with E-state index in [1.807, 2.05) is 26.0 Å². The molecule has 1 rings (SSSR count). The van der Waals surface area contributed by atoms with Crippen LogP contribution in [0.1, 0.15) is 23.6 Å². The molecule has 2 heteroatoms. The standard InChI is InChI=1S/C10H14O2/c1-3-8-4-7(2)10(12)9(5-8)6-11/h4-5,11-12H,3,6H2,1-2H3. The third kappa shape index (κ3) is 1.59.